The van der Waals surface area contributed by atoms with Crippen molar-refractivity contribution in [3.05, 3.63) is 26.2 Å². The van der Waals surface area contributed by atoms with Crippen molar-refractivity contribution in [1.82, 2.24) is 0 Å². The first-order valence-electron chi connectivity index (χ1n) is 11.0. The van der Waals surface area contributed by atoms with Crippen LogP contribution in [0.4, 0.5) is 0 Å². The summed E-state index contributed by atoms with van der Waals surface area (Å²) in [4.78, 5) is 0.723. The summed E-state index contributed by atoms with van der Waals surface area (Å²) in [5.41, 5.74) is 0. The molecule has 0 N–H and O–H groups in total. The van der Waals surface area contributed by atoms with Gasteiger partial charge in [0.25, 0.3) is 0 Å². The van der Waals surface area contributed by atoms with E-state index in [0.717, 1.165) is 8.66 Å². The molecule has 0 aliphatic rings. The molecule has 0 radical (unpaired) electrons. The molecule has 0 spiro atoms. The fourth-order valence-electron chi connectivity index (χ4n) is 3.21. The number of quaternary nitrogens is 1. The van der Waals surface area contributed by atoms with Crippen LogP contribution in [0.5, 0.6) is 0 Å². The average Bonchev–Trinajstić information content (AvgIpc) is 3.10. The lowest BCUT2D eigenvalue weighted by molar-refractivity contribution is -0.929. The predicted octanol–water partition coefficient (Wildman–Crippen LogP) is 7.03. The van der Waals surface area contributed by atoms with Crippen molar-refractivity contribution in [3.8, 4) is 0 Å². The molecular formula is C22H40BrNO3S2. The first-order valence-corrected chi connectivity index (χ1v) is 14.0. The highest BCUT2D eigenvalue weighted by Gasteiger charge is 2.24. The Morgan fingerprint density at radius 1 is 0.897 bits per heavy atom. The largest absolute Gasteiger partial charge is 0.744 e. The molecule has 0 saturated heterocycles. The van der Waals surface area contributed by atoms with Crippen molar-refractivity contribution >= 4 is 43.5 Å². The van der Waals surface area contributed by atoms with Crippen LogP contribution < -0.4 is 0 Å². The Morgan fingerprint density at radius 2 is 1.31 bits per heavy atom. The topological polar surface area (TPSA) is 57.2 Å². The minimum Gasteiger partial charge on any atom is -0.744 e. The maximum absolute atomic E-state index is 10.2. The number of unbranched alkanes of at least 4 members (excludes halogenated alkanes) is 4. The van der Waals surface area contributed by atoms with Gasteiger partial charge in [0.15, 0.2) is 0 Å². The molecule has 0 amide bonds. The van der Waals surface area contributed by atoms with Crippen LogP contribution in [0, 0.1) is 0 Å². The van der Waals surface area contributed by atoms with Gasteiger partial charge >= 0.3 is 0 Å². The van der Waals surface area contributed by atoms with E-state index in [2.05, 4.69) is 43.6 Å². The van der Waals surface area contributed by atoms with Crippen LogP contribution in [0.25, 0.3) is 6.08 Å². The van der Waals surface area contributed by atoms with E-state index in [9.17, 15) is 13.0 Å². The van der Waals surface area contributed by atoms with E-state index in [-0.39, 0.29) is 0 Å². The molecule has 0 saturated carbocycles. The number of thiophene rings is 1. The highest BCUT2D eigenvalue weighted by molar-refractivity contribution is 9.11. The van der Waals surface area contributed by atoms with E-state index < -0.39 is 10.1 Å². The zero-order chi connectivity index (χ0) is 22.2. The van der Waals surface area contributed by atoms with Crippen LogP contribution in [0.2, 0.25) is 0 Å². The first-order chi connectivity index (χ1) is 13.7. The summed E-state index contributed by atoms with van der Waals surface area (Å²) in [5, 5.41) is 0.644. The molecule has 170 valence electrons. The molecule has 7 heteroatoms. The molecule has 1 aromatic rings. The maximum Gasteiger partial charge on any atom is 0.117 e. The molecular weight excluding hydrogens is 470 g/mol. The van der Waals surface area contributed by atoms with E-state index in [1.165, 1.54) is 99.4 Å². The Balaban J connectivity index is 0.000000571. The minimum atomic E-state index is -4.25. The Labute approximate surface area is 191 Å². The zero-order valence-electron chi connectivity index (χ0n) is 18.7. The number of hydrogen-bond acceptors (Lipinski definition) is 4. The quantitative estimate of drug-likeness (QED) is 0.199. The molecule has 0 fully saturated rings. The van der Waals surface area contributed by atoms with Crippen molar-refractivity contribution in [2.45, 2.75) is 79.1 Å². The Morgan fingerprint density at radius 3 is 1.59 bits per heavy atom. The Kier molecular flexibility index (Phi) is 16.4. The zero-order valence-corrected chi connectivity index (χ0v) is 21.9. The van der Waals surface area contributed by atoms with Crippen molar-refractivity contribution in [3.63, 3.8) is 0 Å². The lowest BCUT2D eigenvalue weighted by atomic mass is 10.1. The summed E-state index contributed by atoms with van der Waals surface area (Å²) in [7, 11) is -4.25. The van der Waals surface area contributed by atoms with E-state index in [0.29, 0.717) is 5.41 Å². The number of halogens is 1. The molecule has 0 aromatic carbocycles. The van der Waals surface area contributed by atoms with Crippen LogP contribution >= 0.6 is 27.3 Å². The van der Waals surface area contributed by atoms with Gasteiger partial charge in [0.1, 0.15) is 10.1 Å². The van der Waals surface area contributed by atoms with Gasteiger partial charge in [0.05, 0.1) is 30.0 Å². The van der Waals surface area contributed by atoms with Crippen LogP contribution in [0.3, 0.4) is 0 Å². The van der Waals surface area contributed by atoms with Crippen molar-refractivity contribution in [1.29, 1.82) is 0 Å². The smallest absolute Gasteiger partial charge is 0.117 e. The highest BCUT2D eigenvalue weighted by atomic mass is 79.9. The van der Waals surface area contributed by atoms with Crippen molar-refractivity contribution in [2.75, 3.05) is 26.2 Å². The third-order valence-corrected chi connectivity index (χ3v) is 7.00. The van der Waals surface area contributed by atoms with Crippen LogP contribution in [-0.2, 0) is 10.1 Å². The Bertz CT molecular complexity index is 619. The maximum atomic E-state index is 10.2. The second-order valence-electron chi connectivity index (χ2n) is 7.59. The van der Waals surface area contributed by atoms with Gasteiger partial charge in [-0.1, -0.05) is 53.4 Å². The van der Waals surface area contributed by atoms with Crippen LogP contribution in [0.1, 0.15) is 83.9 Å². The number of nitrogens with zero attached hydrogens (tertiary/aromatic N) is 1. The molecule has 1 heterocycles. The summed E-state index contributed by atoms with van der Waals surface area (Å²) in [6.45, 7) is 15.0. The van der Waals surface area contributed by atoms with Gasteiger partial charge in [0, 0.05) is 10.3 Å². The van der Waals surface area contributed by atoms with Gasteiger partial charge in [-0.25, -0.2) is 8.42 Å². The molecule has 0 aliphatic heterocycles. The summed E-state index contributed by atoms with van der Waals surface area (Å²) in [6.07, 6.45) is 12.3. The van der Waals surface area contributed by atoms with Gasteiger partial charge in [-0.2, -0.15) is 0 Å². The van der Waals surface area contributed by atoms with Gasteiger partial charge in [-0.3, -0.25) is 0 Å². The SMILES string of the molecule is CCCC[N+](CCCC)(CCCC)CCCC.O=S(=O)([O-])/C=C/c1ccc(Br)s1. The third kappa shape index (κ3) is 15.3. The van der Waals surface area contributed by atoms with Gasteiger partial charge < -0.3 is 9.04 Å². The monoisotopic (exact) mass is 509 g/mol. The van der Waals surface area contributed by atoms with E-state index in [4.69, 9.17) is 0 Å². The summed E-state index contributed by atoms with van der Waals surface area (Å²) in [6, 6.07) is 3.50. The molecule has 0 bridgehead atoms. The molecule has 4 nitrogen and oxygen atoms in total. The van der Waals surface area contributed by atoms with Crippen molar-refractivity contribution < 1.29 is 17.5 Å². The molecule has 1 aromatic heterocycles. The Hall–Kier alpha value is -0.210. The van der Waals surface area contributed by atoms with Gasteiger partial charge in [-0.05, 0) is 59.8 Å². The fraction of sp³-hybridized carbons (Fsp3) is 0.727. The lowest BCUT2D eigenvalue weighted by Gasteiger charge is -2.39. The molecule has 0 atom stereocenters. The molecule has 29 heavy (non-hydrogen) atoms. The van der Waals surface area contributed by atoms with Gasteiger partial charge in [-0.15, -0.1) is 11.3 Å². The molecule has 0 unspecified atom stereocenters. The lowest BCUT2D eigenvalue weighted by Crippen LogP contribution is -2.50. The summed E-state index contributed by atoms with van der Waals surface area (Å²) in [5.74, 6) is 0. The average molecular weight is 511 g/mol. The number of hydrogen-bond donors (Lipinski definition) is 0. The highest BCUT2D eigenvalue weighted by Crippen LogP contribution is 2.23. The first kappa shape index (κ1) is 28.8. The van der Waals surface area contributed by atoms with E-state index >= 15 is 0 Å². The predicted molar refractivity (Wildman–Crippen MR) is 130 cm³/mol. The summed E-state index contributed by atoms with van der Waals surface area (Å²) < 4.78 is 32.8. The second kappa shape index (κ2) is 16.5. The van der Waals surface area contributed by atoms with Crippen LogP contribution in [0.15, 0.2) is 21.3 Å². The normalized spacial score (nSPS) is 12.2. The van der Waals surface area contributed by atoms with Crippen molar-refractivity contribution in [2.24, 2.45) is 0 Å². The van der Waals surface area contributed by atoms with E-state index in [1.54, 1.807) is 12.1 Å². The molecule has 1 rings (SSSR count). The number of rotatable bonds is 14. The van der Waals surface area contributed by atoms with E-state index in [1.807, 2.05) is 0 Å². The summed E-state index contributed by atoms with van der Waals surface area (Å²) >= 11 is 4.56. The standard InChI is InChI=1S/C16H36N.C6H5BrO3S2/c1-5-9-13-17(14-10-6-2,15-11-7-3)16-12-8-4;7-6-2-1-5(11-6)3-4-12(8,9)10/h5-16H2,1-4H3;1-4H,(H,8,9,10)/q+1;/p-1/b;4-3+. The second-order valence-corrected chi connectivity index (χ2v) is 11.3. The van der Waals surface area contributed by atoms with Gasteiger partial charge in [0.2, 0.25) is 0 Å². The minimum absolute atomic E-state index is 0.644. The fourth-order valence-corrected chi connectivity index (χ4v) is 4.94. The van der Waals surface area contributed by atoms with Crippen LogP contribution in [-0.4, -0.2) is 43.6 Å². The third-order valence-electron chi connectivity index (χ3n) is 4.94. The molecule has 0 aliphatic carbocycles.